The van der Waals surface area contributed by atoms with Crippen LogP contribution in [0.5, 0.6) is 0 Å². The predicted molar refractivity (Wildman–Crippen MR) is 109 cm³/mol. The van der Waals surface area contributed by atoms with Crippen molar-refractivity contribution in [2.75, 3.05) is 5.32 Å². The minimum atomic E-state index is -0.243. The molecule has 4 rings (SSSR count). The Hall–Kier alpha value is -3.08. The van der Waals surface area contributed by atoms with Gasteiger partial charge in [-0.25, -0.2) is 4.98 Å². The zero-order valence-corrected chi connectivity index (χ0v) is 16.2. The number of carbonyl (C=O) groups is 1. The topological polar surface area (TPSA) is 67.2 Å². The van der Waals surface area contributed by atoms with Gasteiger partial charge in [0, 0.05) is 17.2 Å². The first kappa shape index (κ1) is 18.3. The summed E-state index contributed by atoms with van der Waals surface area (Å²) >= 11 is 0. The molecule has 2 N–H and O–H groups in total. The van der Waals surface area contributed by atoms with E-state index in [1.54, 1.807) is 6.20 Å². The molecule has 1 amide bonds. The highest BCUT2D eigenvalue weighted by molar-refractivity contribution is 5.82. The van der Waals surface area contributed by atoms with E-state index < -0.39 is 0 Å². The molecule has 1 aliphatic rings. The van der Waals surface area contributed by atoms with Crippen LogP contribution in [0.4, 0.5) is 11.7 Å². The Labute approximate surface area is 165 Å². The van der Waals surface area contributed by atoms with Crippen molar-refractivity contribution in [3.05, 3.63) is 77.7 Å². The number of anilines is 2. The quantitative estimate of drug-likeness (QED) is 0.599. The molecule has 1 atom stereocenters. The third-order valence-electron chi connectivity index (χ3n) is 5.12. The number of benzene rings is 2. The zero-order valence-electron chi connectivity index (χ0n) is 16.2. The molecule has 0 spiro atoms. The molecule has 0 radical (unpaired) electrons. The fraction of sp³-hybridized carbons (Fsp3) is 0.304. The maximum Gasteiger partial charge on any atom is 0.299 e. The summed E-state index contributed by atoms with van der Waals surface area (Å²) in [4.78, 5) is 16.8. The van der Waals surface area contributed by atoms with Crippen LogP contribution in [0, 0.1) is 5.92 Å². The van der Waals surface area contributed by atoms with E-state index in [2.05, 4.69) is 53.7 Å². The third-order valence-corrected chi connectivity index (χ3v) is 5.12. The van der Waals surface area contributed by atoms with Crippen LogP contribution in [0.3, 0.4) is 0 Å². The van der Waals surface area contributed by atoms with Gasteiger partial charge in [-0.05, 0) is 36.0 Å². The van der Waals surface area contributed by atoms with Gasteiger partial charge in [0.15, 0.2) is 0 Å². The molecule has 28 heavy (non-hydrogen) atoms. The van der Waals surface area contributed by atoms with Gasteiger partial charge in [0.25, 0.3) is 6.01 Å². The number of para-hydroxylation sites is 1. The lowest BCUT2D eigenvalue weighted by Gasteiger charge is -2.23. The lowest BCUT2D eigenvalue weighted by Crippen LogP contribution is -2.31. The molecule has 5 nitrogen and oxygen atoms in total. The predicted octanol–water partition coefficient (Wildman–Crippen LogP) is 5.16. The van der Waals surface area contributed by atoms with Gasteiger partial charge in [0.1, 0.15) is 6.26 Å². The fourth-order valence-corrected chi connectivity index (χ4v) is 3.28. The van der Waals surface area contributed by atoms with Crippen LogP contribution in [0.15, 0.2) is 65.4 Å². The largest absolute Gasteiger partial charge is 0.432 e. The fourth-order valence-electron chi connectivity index (χ4n) is 3.28. The second-order valence-electron chi connectivity index (χ2n) is 7.59. The van der Waals surface area contributed by atoms with E-state index in [0.29, 0.717) is 11.9 Å². The van der Waals surface area contributed by atoms with Crippen molar-refractivity contribution in [3.63, 3.8) is 0 Å². The lowest BCUT2D eigenvalue weighted by atomic mass is 9.94. The average Bonchev–Trinajstić information content (AvgIpc) is 3.44. The van der Waals surface area contributed by atoms with Crippen molar-refractivity contribution in [1.29, 1.82) is 0 Å². The van der Waals surface area contributed by atoms with Gasteiger partial charge in [0.2, 0.25) is 5.91 Å². The smallest absolute Gasteiger partial charge is 0.299 e. The van der Waals surface area contributed by atoms with Gasteiger partial charge in [0.05, 0.1) is 12.2 Å². The zero-order chi connectivity index (χ0) is 19.5. The van der Waals surface area contributed by atoms with Crippen molar-refractivity contribution in [1.82, 2.24) is 10.3 Å². The van der Waals surface area contributed by atoms with E-state index >= 15 is 0 Å². The number of hydrogen-bond acceptors (Lipinski definition) is 4. The van der Waals surface area contributed by atoms with Gasteiger partial charge < -0.3 is 15.1 Å². The molecule has 1 aromatic heterocycles. The summed E-state index contributed by atoms with van der Waals surface area (Å²) < 4.78 is 5.34. The molecule has 1 unspecified atom stereocenters. The van der Waals surface area contributed by atoms with Crippen LogP contribution in [-0.2, 0) is 4.79 Å². The number of carbonyl (C=O) groups excluding carboxylic acids is 1. The maximum atomic E-state index is 12.6. The number of oxazole rings is 1. The minimum absolute atomic E-state index is 0.115. The first-order valence-electron chi connectivity index (χ1n) is 9.77. The Kier molecular flexibility index (Phi) is 5.15. The highest BCUT2D eigenvalue weighted by Crippen LogP contribution is 2.34. The van der Waals surface area contributed by atoms with E-state index in [-0.39, 0.29) is 17.9 Å². The SMILES string of the molecule is CC(C)c1ccc(C(NC(=O)C2CC2)c2ccccc2Nc2ncco2)cc1. The normalized spacial score (nSPS) is 14.7. The van der Waals surface area contributed by atoms with Gasteiger partial charge in [-0.1, -0.05) is 56.3 Å². The molecule has 3 aromatic rings. The van der Waals surface area contributed by atoms with Crippen molar-refractivity contribution < 1.29 is 9.21 Å². The van der Waals surface area contributed by atoms with E-state index in [1.807, 2.05) is 24.3 Å². The van der Waals surface area contributed by atoms with E-state index in [9.17, 15) is 4.79 Å². The number of aromatic nitrogens is 1. The van der Waals surface area contributed by atoms with Gasteiger partial charge in [-0.2, -0.15) is 0 Å². The summed E-state index contributed by atoms with van der Waals surface area (Å²) in [6.45, 7) is 4.36. The van der Waals surface area contributed by atoms with Crippen LogP contribution in [-0.4, -0.2) is 10.9 Å². The monoisotopic (exact) mass is 375 g/mol. The molecule has 0 saturated heterocycles. The van der Waals surface area contributed by atoms with Gasteiger partial charge in [-0.3, -0.25) is 4.79 Å². The lowest BCUT2D eigenvalue weighted by molar-refractivity contribution is -0.122. The molecule has 0 bridgehead atoms. The van der Waals surface area contributed by atoms with Crippen LogP contribution in [0.25, 0.3) is 0 Å². The minimum Gasteiger partial charge on any atom is -0.432 e. The molecule has 5 heteroatoms. The highest BCUT2D eigenvalue weighted by Gasteiger charge is 2.32. The molecule has 1 saturated carbocycles. The molecular weight excluding hydrogens is 350 g/mol. The third kappa shape index (κ3) is 4.09. The van der Waals surface area contributed by atoms with E-state index in [0.717, 1.165) is 29.7 Å². The molecule has 2 aromatic carbocycles. The van der Waals surface area contributed by atoms with Gasteiger partial charge in [-0.15, -0.1) is 0 Å². The number of nitrogens with one attached hydrogen (secondary N) is 2. The Balaban J connectivity index is 1.69. The first-order valence-corrected chi connectivity index (χ1v) is 9.77. The summed E-state index contributed by atoms with van der Waals surface area (Å²) in [5, 5.41) is 6.47. The molecule has 1 heterocycles. The molecule has 1 fully saturated rings. The molecule has 0 aliphatic heterocycles. The number of hydrogen-bond donors (Lipinski definition) is 2. The summed E-state index contributed by atoms with van der Waals surface area (Å²) in [6.07, 6.45) is 5.08. The molecule has 1 aliphatic carbocycles. The second-order valence-corrected chi connectivity index (χ2v) is 7.59. The van der Waals surface area contributed by atoms with E-state index in [1.165, 1.54) is 11.8 Å². The van der Waals surface area contributed by atoms with E-state index in [4.69, 9.17) is 4.42 Å². The Bertz CT molecular complexity index is 929. The highest BCUT2D eigenvalue weighted by atomic mass is 16.4. The van der Waals surface area contributed by atoms with Crippen LogP contribution in [0.1, 0.15) is 55.3 Å². The van der Waals surface area contributed by atoms with Crippen LogP contribution in [0.2, 0.25) is 0 Å². The Morgan fingerprint density at radius 1 is 1.07 bits per heavy atom. The maximum absolute atomic E-state index is 12.6. The van der Waals surface area contributed by atoms with Gasteiger partial charge >= 0.3 is 0 Å². The Morgan fingerprint density at radius 2 is 1.79 bits per heavy atom. The van der Waals surface area contributed by atoms with Crippen molar-refractivity contribution >= 4 is 17.6 Å². The first-order chi connectivity index (χ1) is 13.6. The summed E-state index contributed by atoms with van der Waals surface area (Å²) in [7, 11) is 0. The average molecular weight is 375 g/mol. The second kappa shape index (κ2) is 7.89. The summed E-state index contributed by atoms with van der Waals surface area (Å²) in [6, 6.07) is 16.6. The standard InChI is InChI=1S/C23H25N3O2/c1-15(2)16-7-9-17(10-8-16)21(26-22(27)18-11-12-18)19-5-3-4-6-20(19)25-23-24-13-14-28-23/h3-10,13-15,18,21H,11-12H2,1-2H3,(H,24,25)(H,26,27). The number of nitrogens with zero attached hydrogens (tertiary/aromatic N) is 1. The number of amides is 1. The van der Waals surface area contributed by atoms with Crippen molar-refractivity contribution in [2.45, 2.75) is 38.6 Å². The van der Waals surface area contributed by atoms with Crippen LogP contribution >= 0.6 is 0 Å². The molecule has 144 valence electrons. The summed E-state index contributed by atoms with van der Waals surface area (Å²) in [5.74, 6) is 0.723. The van der Waals surface area contributed by atoms with Crippen LogP contribution < -0.4 is 10.6 Å². The molecular formula is C23H25N3O2. The Morgan fingerprint density at radius 3 is 2.43 bits per heavy atom. The van der Waals surface area contributed by atoms with Crippen molar-refractivity contribution in [3.8, 4) is 0 Å². The van der Waals surface area contributed by atoms with Crippen molar-refractivity contribution in [2.24, 2.45) is 5.92 Å². The summed E-state index contributed by atoms with van der Waals surface area (Å²) in [5.41, 5.74) is 4.17. The number of rotatable bonds is 7.